The molecule has 9 nitrogen and oxygen atoms in total. The van der Waals surface area contributed by atoms with Gasteiger partial charge in [-0.25, -0.2) is 0 Å². The molecule has 38 heavy (non-hydrogen) atoms. The van der Waals surface area contributed by atoms with E-state index in [4.69, 9.17) is 18.9 Å². The Kier molecular flexibility index (Phi) is 16.0. The standard InChI is InChI=1S/C29H45NO8/c1-7-10-11-26(31)36-15-14-30-23(29(34)35-6)18-22-12-13-24(37-27(32)16-20(4)8-2)25(19-22)38-28(33)17-21(5)9-3/h12-13,19-21,23,30H,7-11,14-18H2,1-6H3/t20?,21?,23-/m0/s1. The molecule has 0 aliphatic rings. The van der Waals surface area contributed by atoms with Gasteiger partial charge in [0.1, 0.15) is 12.6 Å². The lowest BCUT2D eigenvalue weighted by Gasteiger charge is -2.18. The second kappa shape index (κ2) is 18.3. The molecule has 214 valence electrons. The fraction of sp³-hybridized carbons (Fsp3) is 0.655. The van der Waals surface area contributed by atoms with E-state index in [0.29, 0.717) is 12.0 Å². The van der Waals surface area contributed by atoms with E-state index in [0.717, 1.165) is 25.7 Å². The minimum atomic E-state index is -0.725. The topological polar surface area (TPSA) is 117 Å². The van der Waals surface area contributed by atoms with Gasteiger partial charge in [-0.2, -0.15) is 0 Å². The van der Waals surface area contributed by atoms with Crippen LogP contribution in [0.4, 0.5) is 0 Å². The molecule has 0 aromatic heterocycles. The van der Waals surface area contributed by atoms with Crippen LogP contribution in [-0.4, -0.2) is 50.2 Å². The third-order valence-corrected chi connectivity index (χ3v) is 6.30. The first-order valence-electron chi connectivity index (χ1n) is 13.6. The van der Waals surface area contributed by atoms with Crippen molar-refractivity contribution in [3.05, 3.63) is 23.8 Å². The number of carbonyl (C=O) groups excluding carboxylic acids is 4. The van der Waals surface area contributed by atoms with Crippen molar-refractivity contribution in [2.24, 2.45) is 11.8 Å². The number of esters is 4. The van der Waals surface area contributed by atoms with Crippen molar-refractivity contribution < 1.29 is 38.1 Å². The van der Waals surface area contributed by atoms with Gasteiger partial charge in [0.05, 0.1) is 7.11 Å². The van der Waals surface area contributed by atoms with Crippen molar-refractivity contribution in [3.8, 4) is 11.5 Å². The molecule has 1 aromatic carbocycles. The second-order valence-corrected chi connectivity index (χ2v) is 9.72. The molecule has 0 aliphatic carbocycles. The number of nitrogens with one attached hydrogen (secondary N) is 1. The first-order valence-corrected chi connectivity index (χ1v) is 13.6. The van der Waals surface area contributed by atoms with Gasteiger partial charge in [0.25, 0.3) is 0 Å². The summed E-state index contributed by atoms with van der Waals surface area (Å²) in [5.41, 5.74) is 0.668. The van der Waals surface area contributed by atoms with E-state index >= 15 is 0 Å². The summed E-state index contributed by atoms with van der Waals surface area (Å²) in [6.45, 7) is 10.3. The van der Waals surface area contributed by atoms with Gasteiger partial charge in [0.15, 0.2) is 11.5 Å². The maximum absolute atomic E-state index is 12.5. The summed E-state index contributed by atoms with van der Waals surface area (Å²) in [4.78, 5) is 49.1. The van der Waals surface area contributed by atoms with Crippen LogP contribution in [0.5, 0.6) is 11.5 Å². The van der Waals surface area contributed by atoms with Gasteiger partial charge in [-0.1, -0.05) is 59.9 Å². The highest BCUT2D eigenvalue weighted by molar-refractivity contribution is 5.77. The molecule has 3 atom stereocenters. The number of unbranched alkanes of at least 4 members (excludes halogenated alkanes) is 1. The minimum absolute atomic E-state index is 0.125. The zero-order valence-corrected chi connectivity index (χ0v) is 23.8. The average Bonchev–Trinajstić information content (AvgIpc) is 2.89. The third-order valence-electron chi connectivity index (χ3n) is 6.30. The van der Waals surface area contributed by atoms with E-state index in [-0.39, 0.29) is 61.7 Å². The summed E-state index contributed by atoms with van der Waals surface area (Å²) in [7, 11) is 1.30. The fourth-order valence-electron chi connectivity index (χ4n) is 3.44. The van der Waals surface area contributed by atoms with Crippen molar-refractivity contribution in [1.29, 1.82) is 0 Å². The Balaban J connectivity index is 3.00. The molecule has 9 heteroatoms. The summed E-state index contributed by atoms with van der Waals surface area (Å²) >= 11 is 0. The first-order chi connectivity index (χ1) is 18.1. The van der Waals surface area contributed by atoms with E-state index in [1.807, 2.05) is 34.6 Å². The summed E-state index contributed by atoms with van der Waals surface area (Å²) in [6, 6.07) is 4.15. The van der Waals surface area contributed by atoms with Gasteiger partial charge in [0, 0.05) is 25.8 Å². The summed E-state index contributed by atoms with van der Waals surface area (Å²) in [5.74, 6) is -1.01. The van der Waals surface area contributed by atoms with E-state index in [2.05, 4.69) is 5.32 Å². The highest BCUT2D eigenvalue weighted by atomic mass is 16.6. The van der Waals surface area contributed by atoms with Gasteiger partial charge in [-0.15, -0.1) is 0 Å². The molecule has 1 N–H and O–H groups in total. The molecule has 0 spiro atoms. The van der Waals surface area contributed by atoms with Crippen molar-refractivity contribution in [2.45, 2.75) is 92.0 Å². The second-order valence-electron chi connectivity index (χ2n) is 9.72. The molecule has 0 saturated carbocycles. The minimum Gasteiger partial charge on any atom is -0.468 e. The van der Waals surface area contributed by atoms with Gasteiger partial charge in [-0.05, 0) is 42.4 Å². The molecule has 0 saturated heterocycles. The lowest BCUT2D eigenvalue weighted by atomic mass is 10.0. The van der Waals surface area contributed by atoms with Crippen LogP contribution < -0.4 is 14.8 Å². The quantitative estimate of drug-likeness (QED) is 0.161. The summed E-state index contributed by atoms with van der Waals surface area (Å²) < 4.78 is 21.3. The monoisotopic (exact) mass is 535 g/mol. The molecule has 0 heterocycles. The van der Waals surface area contributed by atoms with Gasteiger partial charge in [-0.3, -0.25) is 19.2 Å². The molecule has 0 amide bonds. The molecule has 2 unspecified atom stereocenters. The molecule has 1 aromatic rings. The Hall–Kier alpha value is -2.94. The Morgan fingerprint density at radius 1 is 0.868 bits per heavy atom. The summed E-state index contributed by atoms with van der Waals surface area (Å²) in [6.07, 6.45) is 4.39. The molecule has 0 bridgehead atoms. The van der Waals surface area contributed by atoms with Gasteiger partial charge < -0.3 is 24.3 Å². The molecule has 0 radical (unpaired) electrons. The van der Waals surface area contributed by atoms with Crippen LogP contribution in [0.1, 0.15) is 85.1 Å². The highest BCUT2D eigenvalue weighted by Gasteiger charge is 2.22. The Bertz CT molecular complexity index is 901. The zero-order valence-electron chi connectivity index (χ0n) is 23.8. The van der Waals surface area contributed by atoms with E-state index in [1.165, 1.54) is 7.11 Å². The van der Waals surface area contributed by atoms with Crippen LogP contribution in [0, 0.1) is 11.8 Å². The molecule has 0 fully saturated rings. The smallest absolute Gasteiger partial charge is 0.323 e. The lowest BCUT2D eigenvalue weighted by Crippen LogP contribution is -2.41. The molecule has 1 rings (SSSR count). The largest absolute Gasteiger partial charge is 0.468 e. The van der Waals surface area contributed by atoms with Crippen molar-refractivity contribution in [3.63, 3.8) is 0 Å². The maximum atomic E-state index is 12.5. The van der Waals surface area contributed by atoms with Crippen LogP contribution in [0.3, 0.4) is 0 Å². The number of hydrogen-bond acceptors (Lipinski definition) is 9. The molecular weight excluding hydrogens is 490 g/mol. The number of carbonyl (C=O) groups is 4. The predicted molar refractivity (Wildman–Crippen MR) is 144 cm³/mol. The lowest BCUT2D eigenvalue weighted by molar-refractivity contribution is -0.144. The number of ether oxygens (including phenoxy) is 4. The van der Waals surface area contributed by atoms with E-state index in [9.17, 15) is 19.2 Å². The Labute approximate surface area is 226 Å². The van der Waals surface area contributed by atoms with E-state index in [1.54, 1.807) is 18.2 Å². The normalized spacial score (nSPS) is 13.2. The number of methoxy groups -OCH3 is 1. The van der Waals surface area contributed by atoms with E-state index < -0.39 is 23.9 Å². The SMILES string of the molecule is CCCCC(=O)OCCN[C@@H](Cc1ccc(OC(=O)CC(C)CC)c(OC(=O)CC(C)CC)c1)C(=O)OC. The van der Waals surface area contributed by atoms with Crippen LogP contribution in [0.25, 0.3) is 0 Å². The third kappa shape index (κ3) is 13.0. The van der Waals surface area contributed by atoms with Crippen LogP contribution in [0.2, 0.25) is 0 Å². The van der Waals surface area contributed by atoms with Crippen molar-refractivity contribution in [2.75, 3.05) is 20.3 Å². The summed E-state index contributed by atoms with van der Waals surface area (Å²) in [5, 5.41) is 3.05. The number of benzene rings is 1. The van der Waals surface area contributed by atoms with Crippen LogP contribution >= 0.6 is 0 Å². The number of hydrogen-bond donors (Lipinski definition) is 1. The predicted octanol–water partition coefficient (Wildman–Crippen LogP) is 4.78. The fourth-order valence-corrected chi connectivity index (χ4v) is 3.44. The zero-order chi connectivity index (χ0) is 28.5. The molecule has 0 aliphatic heterocycles. The average molecular weight is 536 g/mol. The maximum Gasteiger partial charge on any atom is 0.323 e. The van der Waals surface area contributed by atoms with Crippen molar-refractivity contribution in [1.82, 2.24) is 5.32 Å². The van der Waals surface area contributed by atoms with Gasteiger partial charge in [0.2, 0.25) is 0 Å². The van der Waals surface area contributed by atoms with Crippen LogP contribution in [0.15, 0.2) is 18.2 Å². The van der Waals surface area contributed by atoms with Gasteiger partial charge >= 0.3 is 23.9 Å². The highest BCUT2D eigenvalue weighted by Crippen LogP contribution is 2.31. The molecular formula is C29H45NO8. The number of rotatable bonds is 18. The van der Waals surface area contributed by atoms with Crippen molar-refractivity contribution >= 4 is 23.9 Å². The Morgan fingerprint density at radius 3 is 2.03 bits per heavy atom. The van der Waals surface area contributed by atoms with Crippen LogP contribution in [-0.2, 0) is 35.1 Å². The Morgan fingerprint density at radius 2 is 1.47 bits per heavy atom. The first kappa shape index (κ1) is 33.1.